The van der Waals surface area contributed by atoms with Gasteiger partial charge in [0, 0.05) is 32.6 Å². The van der Waals surface area contributed by atoms with Gasteiger partial charge in [0.1, 0.15) is 0 Å². The monoisotopic (exact) mass is 205 g/mol. The number of hydrogen-bond acceptors (Lipinski definition) is 3. The molecule has 1 aromatic rings. The topological polar surface area (TPSA) is 30.5 Å². The van der Waals surface area contributed by atoms with E-state index in [-0.39, 0.29) is 7.12 Å². The van der Waals surface area contributed by atoms with Gasteiger partial charge in [-0.3, -0.25) is 0 Å². The first-order chi connectivity index (χ1) is 7.45. The number of rotatable bonds is 2. The van der Waals surface area contributed by atoms with E-state index in [1.807, 2.05) is 18.2 Å². The van der Waals surface area contributed by atoms with Crippen LogP contribution in [0.3, 0.4) is 0 Å². The summed E-state index contributed by atoms with van der Waals surface area (Å²) in [4.78, 5) is 0. The van der Waals surface area contributed by atoms with E-state index in [2.05, 4.69) is 17.4 Å². The van der Waals surface area contributed by atoms with Crippen LogP contribution in [0.2, 0.25) is 0 Å². The van der Waals surface area contributed by atoms with E-state index in [4.69, 9.17) is 9.31 Å². The molecule has 0 amide bonds. The minimum Gasteiger partial charge on any atom is -0.410 e. The third-order valence-corrected chi connectivity index (χ3v) is 2.41. The summed E-state index contributed by atoms with van der Waals surface area (Å²) in [7, 11) is -0.0884. The van der Waals surface area contributed by atoms with E-state index in [0.717, 1.165) is 32.6 Å². The summed E-state index contributed by atoms with van der Waals surface area (Å²) in [6.07, 6.45) is 0.834. The molecule has 0 bridgehead atoms. The van der Waals surface area contributed by atoms with Crippen LogP contribution in [0.5, 0.6) is 0 Å². The van der Waals surface area contributed by atoms with Crippen LogP contribution in [0.25, 0.3) is 0 Å². The quantitative estimate of drug-likeness (QED) is 0.727. The van der Waals surface area contributed by atoms with Crippen molar-refractivity contribution in [3.8, 4) is 0 Å². The molecular formula is C11H16BNO2. The molecule has 1 heterocycles. The predicted molar refractivity (Wildman–Crippen MR) is 60.7 cm³/mol. The van der Waals surface area contributed by atoms with Crippen LogP contribution < -0.4 is 5.32 Å². The maximum atomic E-state index is 5.60. The fraction of sp³-hybridized carbons (Fsp3) is 0.455. The Balaban J connectivity index is 1.86. The van der Waals surface area contributed by atoms with E-state index in [9.17, 15) is 0 Å². The highest BCUT2D eigenvalue weighted by Gasteiger charge is 2.19. The van der Waals surface area contributed by atoms with E-state index >= 15 is 0 Å². The van der Waals surface area contributed by atoms with Gasteiger partial charge >= 0.3 is 7.12 Å². The Hall–Kier alpha value is -0.835. The second-order valence-electron chi connectivity index (χ2n) is 3.61. The molecule has 1 N–H and O–H groups in total. The number of hydrogen-bond donors (Lipinski definition) is 1. The number of nitrogens with one attached hydrogen (secondary N) is 1. The highest BCUT2D eigenvalue weighted by molar-refractivity contribution is 6.43. The Morgan fingerprint density at radius 1 is 1.07 bits per heavy atom. The van der Waals surface area contributed by atoms with Crippen molar-refractivity contribution in [3.05, 3.63) is 35.9 Å². The lowest BCUT2D eigenvalue weighted by Gasteiger charge is -2.18. The molecule has 0 atom stereocenters. The molecule has 0 spiro atoms. The van der Waals surface area contributed by atoms with E-state index in [1.165, 1.54) is 5.56 Å². The van der Waals surface area contributed by atoms with Gasteiger partial charge in [0.15, 0.2) is 0 Å². The van der Waals surface area contributed by atoms with Crippen molar-refractivity contribution in [3.63, 3.8) is 0 Å². The average Bonchev–Trinajstić information content (AvgIpc) is 2.23. The molecular weight excluding hydrogens is 189 g/mol. The lowest BCUT2D eigenvalue weighted by molar-refractivity contribution is 0.177. The van der Waals surface area contributed by atoms with Gasteiger partial charge in [0.2, 0.25) is 0 Å². The molecule has 0 unspecified atom stereocenters. The molecule has 0 radical (unpaired) electrons. The summed E-state index contributed by atoms with van der Waals surface area (Å²) >= 11 is 0. The summed E-state index contributed by atoms with van der Waals surface area (Å²) in [5.74, 6) is 0. The Bertz CT molecular complexity index is 273. The maximum absolute atomic E-state index is 5.60. The molecule has 4 heteroatoms. The fourth-order valence-corrected chi connectivity index (χ4v) is 1.62. The molecule has 15 heavy (non-hydrogen) atoms. The first kappa shape index (κ1) is 10.7. The van der Waals surface area contributed by atoms with Crippen molar-refractivity contribution in [2.45, 2.75) is 6.32 Å². The molecule has 80 valence electrons. The van der Waals surface area contributed by atoms with Crippen molar-refractivity contribution in [1.82, 2.24) is 5.32 Å². The molecule has 1 fully saturated rings. The Labute approximate surface area is 90.9 Å². The van der Waals surface area contributed by atoms with Crippen molar-refractivity contribution < 1.29 is 9.31 Å². The molecule has 2 rings (SSSR count). The number of benzene rings is 1. The minimum absolute atomic E-state index is 0.0884. The maximum Gasteiger partial charge on any atom is 0.461 e. The van der Waals surface area contributed by atoms with Crippen molar-refractivity contribution in [2.75, 3.05) is 26.3 Å². The molecule has 0 saturated carbocycles. The van der Waals surface area contributed by atoms with Gasteiger partial charge < -0.3 is 14.6 Å². The van der Waals surface area contributed by atoms with Gasteiger partial charge in [-0.15, -0.1) is 0 Å². The second kappa shape index (κ2) is 5.90. The van der Waals surface area contributed by atoms with Crippen LogP contribution in [-0.2, 0) is 15.6 Å². The van der Waals surface area contributed by atoms with Gasteiger partial charge in [0.25, 0.3) is 0 Å². The zero-order valence-electron chi connectivity index (χ0n) is 8.82. The predicted octanol–water partition coefficient (Wildman–Crippen LogP) is 0.893. The zero-order chi connectivity index (χ0) is 10.3. The van der Waals surface area contributed by atoms with Gasteiger partial charge in [-0.25, -0.2) is 0 Å². The molecule has 1 aromatic carbocycles. The van der Waals surface area contributed by atoms with Crippen LogP contribution >= 0.6 is 0 Å². The van der Waals surface area contributed by atoms with Gasteiger partial charge in [0.05, 0.1) is 0 Å². The average molecular weight is 205 g/mol. The van der Waals surface area contributed by atoms with Crippen LogP contribution in [0.15, 0.2) is 30.3 Å². The molecule has 0 aromatic heterocycles. The SMILES string of the molecule is c1ccc(CB2OCCNCCO2)cc1. The van der Waals surface area contributed by atoms with Crippen LogP contribution in [0.4, 0.5) is 0 Å². The second-order valence-corrected chi connectivity index (χ2v) is 3.61. The summed E-state index contributed by atoms with van der Waals surface area (Å²) in [6.45, 7) is 3.26. The Kier molecular flexibility index (Phi) is 4.20. The van der Waals surface area contributed by atoms with Gasteiger partial charge in [-0.05, 0) is 0 Å². The van der Waals surface area contributed by atoms with Gasteiger partial charge in [-0.2, -0.15) is 0 Å². The smallest absolute Gasteiger partial charge is 0.410 e. The fourth-order valence-electron chi connectivity index (χ4n) is 1.62. The minimum atomic E-state index is -0.0884. The van der Waals surface area contributed by atoms with Crippen LogP contribution in [0, 0.1) is 0 Å². The highest BCUT2D eigenvalue weighted by atomic mass is 16.6. The largest absolute Gasteiger partial charge is 0.461 e. The zero-order valence-corrected chi connectivity index (χ0v) is 8.82. The van der Waals surface area contributed by atoms with Crippen molar-refractivity contribution >= 4 is 7.12 Å². The third kappa shape index (κ3) is 3.66. The molecule has 1 aliphatic heterocycles. The first-order valence-corrected chi connectivity index (χ1v) is 5.43. The summed E-state index contributed by atoms with van der Waals surface area (Å²) in [5, 5.41) is 3.22. The van der Waals surface area contributed by atoms with Crippen molar-refractivity contribution in [2.24, 2.45) is 0 Å². The summed E-state index contributed by atoms with van der Waals surface area (Å²) < 4.78 is 11.2. The van der Waals surface area contributed by atoms with Crippen LogP contribution in [-0.4, -0.2) is 33.4 Å². The molecule has 1 saturated heterocycles. The van der Waals surface area contributed by atoms with Crippen molar-refractivity contribution in [1.29, 1.82) is 0 Å². The Morgan fingerprint density at radius 3 is 2.40 bits per heavy atom. The lowest BCUT2D eigenvalue weighted by Crippen LogP contribution is -2.37. The standard InChI is InChI=1S/C11H16BNO2/c1-2-4-11(5-3-1)10-12-14-8-6-13-7-9-15-12/h1-5,13H,6-10H2. The lowest BCUT2D eigenvalue weighted by atomic mass is 9.80. The van der Waals surface area contributed by atoms with E-state index < -0.39 is 0 Å². The Morgan fingerprint density at radius 2 is 1.73 bits per heavy atom. The summed E-state index contributed by atoms with van der Waals surface area (Å²) in [6, 6.07) is 10.3. The molecule has 0 aliphatic carbocycles. The normalized spacial score (nSPS) is 18.3. The van der Waals surface area contributed by atoms with Crippen LogP contribution in [0.1, 0.15) is 5.56 Å². The van der Waals surface area contributed by atoms with E-state index in [0.29, 0.717) is 0 Å². The molecule has 1 aliphatic rings. The highest BCUT2D eigenvalue weighted by Crippen LogP contribution is 2.04. The first-order valence-electron chi connectivity index (χ1n) is 5.43. The van der Waals surface area contributed by atoms with E-state index in [1.54, 1.807) is 0 Å². The van der Waals surface area contributed by atoms with Gasteiger partial charge in [-0.1, -0.05) is 35.9 Å². The third-order valence-electron chi connectivity index (χ3n) is 2.41. The summed E-state index contributed by atoms with van der Waals surface area (Å²) in [5.41, 5.74) is 1.26. The molecule has 3 nitrogen and oxygen atoms in total.